The van der Waals surface area contributed by atoms with Crippen LogP contribution in [0.5, 0.6) is 0 Å². The molecule has 1 amide bonds. The number of benzene rings is 1. The number of hydrogen-bond donors (Lipinski definition) is 0. The minimum atomic E-state index is -0.518. The molecule has 4 rings (SSSR count). The molecule has 2 aromatic heterocycles. The third-order valence-electron chi connectivity index (χ3n) is 4.48. The number of hydrazone groups is 1. The van der Waals surface area contributed by atoms with Gasteiger partial charge >= 0.3 is 5.97 Å². The lowest BCUT2D eigenvalue weighted by molar-refractivity contribution is -0.147. The monoisotopic (exact) mass is 405 g/mol. The van der Waals surface area contributed by atoms with Crippen molar-refractivity contribution < 1.29 is 18.8 Å². The molecule has 0 saturated carbocycles. The number of nitrogens with zero attached hydrogens (tertiary/aromatic N) is 5. The lowest BCUT2D eigenvalue weighted by atomic mass is 10.1. The van der Waals surface area contributed by atoms with Gasteiger partial charge in [0.2, 0.25) is 11.7 Å². The third-order valence-corrected chi connectivity index (χ3v) is 4.48. The van der Waals surface area contributed by atoms with Gasteiger partial charge in [-0.05, 0) is 17.7 Å². The summed E-state index contributed by atoms with van der Waals surface area (Å²) in [6, 6.07) is 13.3. The fourth-order valence-electron chi connectivity index (χ4n) is 2.95. The molecule has 0 atom stereocenters. The summed E-state index contributed by atoms with van der Waals surface area (Å²) in [6.07, 6.45) is 3.92. The summed E-state index contributed by atoms with van der Waals surface area (Å²) in [5, 5.41) is 9.61. The van der Waals surface area contributed by atoms with Gasteiger partial charge in [-0.3, -0.25) is 14.6 Å². The van der Waals surface area contributed by atoms with Gasteiger partial charge < -0.3 is 9.26 Å². The molecule has 1 aliphatic heterocycles. The third kappa shape index (κ3) is 4.75. The molecule has 9 heteroatoms. The summed E-state index contributed by atoms with van der Waals surface area (Å²) < 4.78 is 10.2. The van der Waals surface area contributed by atoms with Crippen LogP contribution in [-0.4, -0.2) is 44.3 Å². The largest absolute Gasteiger partial charge is 0.456 e. The molecule has 1 aromatic carbocycles. The zero-order valence-electron chi connectivity index (χ0n) is 16.1. The highest BCUT2D eigenvalue weighted by molar-refractivity contribution is 6.02. The zero-order chi connectivity index (χ0) is 20.8. The minimum absolute atomic E-state index is 0.0230. The van der Waals surface area contributed by atoms with Crippen molar-refractivity contribution in [2.24, 2.45) is 5.10 Å². The van der Waals surface area contributed by atoms with E-state index in [1.165, 1.54) is 5.01 Å². The van der Waals surface area contributed by atoms with E-state index < -0.39 is 5.97 Å². The number of pyridine rings is 1. The van der Waals surface area contributed by atoms with Crippen LogP contribution in [0.25, 0.3) is 11.4 Å². The predicted molar refractivity (Wildman–Crippen MR) is 106 cm³/mol. The van der Waals surface area contributed by atoms with Crippen LogP contribution < -0.4 is 0 Å². The van der Waals surface area contributed by atoms with Crippen molar-refractivity contribution >= 4 is 17.6 Å². The fraction of sp³-hybridized carbons (Fsp3) is 0.238. The summed E-state index contributed by atoms with van der Waals surface area (Å²) in [6.45, 7) is 0.359. The van der Waals surface area contributed by atoms with Crippen LogP contribution in [0.15, 0.2) is 64.5 Å². The van der Waals surface area contributed by atoms with Crippen LogP contribution in [0.2, 0.25) is 0 Å². The van der Waals surface area contributed by atoms with Gasteiger partial charge in [0.15, 0.2) is 6.61 Å². The van der Waals surface area contributed by atoms with Crippen molar-refractivity contribution in [2.75, 3.05) is 6.54 Å². The Morgan fingerprint density at radius 3 is 2.70 bits per heavy atom. The standard InChI is InChI=1S/C21H19N5O4/c27-19(26-12-10-17(24-26)15-5-2-1-3-6-15)8-9-20(28)29-14-18-23-21(25-30-18)16-7-4-11-22-13-16/h1-7,11,13H,8-10,12,14H2. The molecular weight excluding hydrogens is 386 g/mol. The summed E-state index contributed by atoms with van der Waals surface area (Å²) >= 11 is 0. The topological polar surface area (TPSA) is 111 Å². The Morgan fingerprint density at radius 2 is 1.90 bits per heavy atom. The van der Waals surface area contributed by atoms with E-state index in [1.54, 1.807) is 24.5 Å². The van der Waals surface area contributed by atoms with Crippen molar-refractivity contribution in [1.82, 2.24) is 20.1 Å². The van der Waals surface area contributed by atoms with Crippen molar-refractivity contribution in [2.45, 2.75) is 25.9 Å². The van der Waals surface area contributed by atoms with Gasteiger partial charge in [-0.1, -0.05) is 35.5 Å². The average molecular weight is 405 g/mol. The molecule has 0 N–H and O–H groups in total. The Kier molecular flexibility index (Phi) is 5.88. The SMILES string of the molecule is O=C(CCC(=O)N1CCC(c2ccccc2)=N1)OCc1nc(-c2cccnc2)no1. The van der Waals surface area contributed by atoms with E-state index in [1.807, 2.05) is 30.3 Å². The van der Waals surface area contributed by atoms with Gasteiger partial charge in [0, 0.05) is 30.8 Å². The zero-order valence-corrected chi connectivity index (χ0v) is 16.1. The normalized spacial score (nSPS) is 13.2. The molecular formula is C21H19N5O4. The highest BCUT2D eigenvalue weighted by Gasteiger charge is 2.22. The number of amides is 1. The molecule has 0 aliphatic carbocycles. The van der Waals surface area contributed by atoms with Crippen LogP contribution in [0.4, 0.5) is 0 Å². The highest BCUT2D eigenvalue weighted by Crippen LogP contribution is 2.16. The van der Waals surface area contributed by atoms with Crippen molar-refractivity contribution in [3.63, 3.8) is 0 Å². The number of hydrogen-bond acceptors (Lipinski definition) is 8. The van der Waals surface area contributed by atoms with E-state index in [9.17, 15) is 9.59 Å². The molecule has 3 aromatic rings. The van der Waals surface area contributed by atoms with Crippen LogP contribution >= 0.6 is 0 Å². The van der Waals surface area contributed by atoms with E-state index in [2.05, 4.69) is 20.2 Å². The maximum Gasteiger partial charge on any atom is 0.306 e. The van der Waals surface area contributed by atoms with E-state index in [0.717, 1.165) is 11.3 Å². The predicted octanol–water partition coefficient (Wildman–Crippen LogP) is 2.59. The number of carbonyl (C=O) groups excluding carboxylic acids is 2. The molecule has 1 aliphatic rings. The summed E-state index contributed by atoms with van der Waals surface area (Å²) in [5.41, 5.74) is 2.57. The van der Waals surface area contributed by atoms with Gasteiger partial charge in [-0.25, -0.2) is 5.01 Å². The Bertz CT molecular complexity index is 1050. The van der Waals surface area contributed by atoms with Crippen molar-refractivity contribution in [3.05, 3.63) is 66.3 Å². The second-order valence-electron chi connectivity index (χ2n) is 6.59. The Labute approximate surface area is 172 Å². The lowest BCUT2D eigenvalue weighted by Gasteiger charge is -2.10. The molecule has 0 unspecified atom stereocenters. The molecule has 0 radical (unpaired) electrons. The second kappa shape index (κ2) is 9.08. The quantitative estimate of drug-likeness (QED) is 0.556. The van der Waals surface area contributed by atoms with Gasteiger partial charge in [0.25, 0.3) is 5.89 Å². The number of rotatable bonds is 7. The number of carbonyl (C=O) groups is 2. The fourth-order valence-corrected chi connectivity index (χ4v) is 2.95. The molecule has 9 nitrogen and oxygen atoms in total. The van der Waals surface area contributed by atoms with Gasteiger partial charge in [-0.2, -0.15) is 10.1 Å². The Morgan fingerprint density at radius 1 is 1.07 bits per heavy atom. The summed E-state index contributed by atoms with van der Waals surface area (Å²) in [5.74, 6) is -0.193. The van der Waals surface area contributed by atoms with Crippen molar-refractivity contribution in [1.29, 1.82) is 0 Å². The maximum atomic E-state index is 12.3. The van der Waals surface area contributed by atoms with Gasteiger partial charge in [0.1, 0.15) is 0 Å². The van der Waals surface area contributed by atoms with Crippen LogP contribution in [0.3, 0.4) is 0 Å². The molecule has 152 valence electrons. The first kappa shape index (κ1) is 19.4. The lowest BCUT2D eigenvalue weighted by Crippen LogP contribution is -2.24. The number of ether oxygens (including phenoxy) is 1. The van der Waals surface area contributed by atoms with Crippen LogP contribution in [-0.2, 0) is 20.9 Å². The first-order valence-electron chi connectivity index (χ1n) is 9.51. The van der Waals surface area contributed by atoms with Gasteiger partial charge in [0.05, 0.1) is 18.7 Å². The molecule has 30 heavy (non-hydrogen) atoms. The molecule has 3 heterocycles. The maximum absolute atomic E-state index is 12.3. The molecule has 0 bridgehead atoms. The molecule has 0 fully saturated rings. The van der Waals surface area contributed by atoms with E-state index in [-0.39, 0.29) is 31.2 Å². The summed E-state index contributed by atoms with van der Waals surface area (Å²) in [7, 11) is 0. The van der Waals surface area contributed by atoms with Crippen LogP contribution in [0, 0.1) is 0 Å². The summed E-state index contributed by atoms with van der Waals surface area (Å²) in [4.78, 5) is 32.4. The van der Waals surface area contributed by atoms with E-state index in [4.69, 9.17) is 9.26 Å². The first-order chi connectivity index (χ1) is 14.7. The Hall–Kier alpha value is -3.88. The van der Waals surface area contributed by atoms with Gasteiger partial charge in [-0.15, -0.1) is 0 Å². The molecule has 0 spiro atoms. The van der Waals surface area contributed by atoms with Crippen LogP contribution in [0.1, 0.15) is 30.7 Å². The molecule has 0 saturated heterocycles. The Balaban J connectivity index is 1.23. The first-order valence-corrected chi connectivity index (χ1v) is 9.51. The highest BCUT2D eigenvalue weighted by atomic mass is 16.6. The number of esters is 1. The smallest absolute Gasteiger partial charge is 0.306 e. The number of aromatic nitrogens is 3. The van der Waals surface area contributed by atoms with E-state index in [0.29, 0.717) is 24.4 Å². The van der Waals surface area contributed by atoms with E-state index >= 15 is 0 Å². The second-order valence-corrected chi connectivity index (χ2v) is 6.59. The minimum Gasteiger partial charge on any atom is -0.456 e. The average Bonchev–Trinajstić information content (AvgIpc) is 3.47. The van der Waals surface area contributed by atoms with Crippen molar-refractivity contribution in [3.8, 4) is 11.4 Å².